The summed E-state index contributed by atoms with van der Waals surface area (Å²) in [6.45, 7) is -2.05. The fraction of sp³-hybridized carbons (Fsp3) is 1.00. The van der Waals surface area contributed by atoms with Crippen LogP contribution in [-0.2, 0) is 71.4 Å². The quantitative estimate of drug-likeness (QED) is 0.148. The van der Waals surface area contributed by atoms with Crippen molar-refractivity contribution in [3.05, 3.63) is 0 Å². The van der Waals surface area contributed by atoms with Crippen LogP contribution >= 0.6 is 0 Å². The molecule has 2 bridgehead atoms. The van der Waals surface area contributed by atoms with E-state index in [4.69, 9.17) is 30.9 Å². The predicted octanol–water partition coefficient (Wildman–Crippen LogP) is -1.87. The van der Waals surface area contributed by atoms with Gasteiger partial charge in [-0.2, -0.15) is 33.7 Å². The van der Waals surface area contributed by atoms with Crippen molar-refractivity contribution in [2.75, 3.05) is 65.7 Å². The van der Waals surface area contributed by atoms with Gasteiger partial charge in [0, 0.05) is 37.9 Å². The van der Waals surface area contributed by atoms with E-state index in [9.17, 15) is 33.7 Å². The molecule has 2 heterocycles. The standard InChI is InChI=1S/C17H32O15S4/c1-26-16(27-2)17-13(9-30-35(5,22)23)11(7-28-33(3,18)19)15(32-17)12(8-29-34(4,20)21)14(17)10-31-36(6,24)25/h11-16H,7-10H2,1-6H3/t11-,12+,13+,14-,15?,17?. The zero-order valence-corrected chi connectivity index (χ0v) is 23.8. The molecule has 2 fully saturated rings. The van der Waals surface area contributed by atoms with E-state index in [-0.39, 0.29) is 0 Å². The SMILES string of the molecule is COC(OC)C12OC([C@@H](COS(C)(=O)=O)[C@H]1COS(C)(=O)=O)[C@H](COS(C)(=O)=O)[C@@H]2COS(C)(=O)=O. The number of fused-ring (bicyclic) bond motifs is 2. The molecule has 0 amide bonds. The summed E-state index contributed by atoms with van der Waals surface area (Å²) in [7, 11) is -13.4. The van der Waals surface area contributed by atoms with Crippen LogP contribution in [0.2, 0.25) is 0 Å². The first-order valence-corrected chi connectivity index (χ1v) is 17.6. The molecule has 0 aromatic carbocycles. The van der Waals surface area contributed by atoms with Crippen LogP contribution in [0.25, 0.3) is 0 Å². The largest absolute Gasteiger partial charge is 0.365 e. The van der Waals surface area contributed by atoms with Gasteiger partial charge in [-0.15, -0.1) is 0 Å². The molecule has 0 aromatic rings. The lowest BCUT2D eigenvalue weighted by atomic mass is 9.62. The number of hydrogen-bond donors (Lipinski definition) is 0. The molecule has 2 aliphatic rings. The summed E-state index contributed by atoms with van der Waals surface area (Å²) in [4.78, 5) is 0. The average molecular weight is 605 g/mol. The molecule has 36 heavy (non-hydrogen) atoms. The fourth-order valence-electron chi connectivity index (χ4n) is 4.90. The van der Waals surface area contributed by atoms with E-state index in [0.29, 0.717) is 0 Å². The molecule has 6 atom stereocenters. The molecule has 0 aliphatic carbocycles. The molecule has 0 aromatic heterocycles. The van der Waals surface area contributed by atoms with Gasteiger partial charge in [0.25, 0.3) is 40.5 Å². The van der Waals surface area contributed by atoms with E-state index in [1.807, 2.05) is 0 Å². The minimum absolute atomic E-state index is 0.488. The van der Waals surface area contributed by atoms with Gasteiger partial charge in [0.05, 0.1) is 57.6 Å². The third-order valence-corrected chi connectivity index (χ3v) is 8.30. The van der Waals surface area contributed by atoms with E-state index < -0.39 is 109 Å². The summed E-state index contributed by atoms with van der Waals surface area (Å²) in [5.74, 6) is -3.77. The topological polar surface area (TPSA) is 201 Å². The highest BCUT2D eigenvalue weighted by Gasteiger charge is 2.72. The second kappa shape index (κ2) is 11.3. The molecule has 15 nitrogen and oxygen atoms in total. The molecule has 2 aliphatic heterocycles. The third kappa shape index (κ3) is 8.01. The van der Waals surface area contributed by atoms with E-state index >= 15 is 0 Å². The molecule has 214 valence electrons. The minimum atomic E-state index is -3.98. The maximum Gasteiger partial charge on any atom is 0.264 e. The van der Waals surface area contributed by atoms with Gasteiger partial charge >= 0.3 is 0 Å². The lowest BCUT2D eigenvalue weighted by molar-refractivity contribution is -0.243. The Morgan fingerprint density at radius 2 is 0.917 bits per heavy atom. The van der Waals surface area contributed by atoms with Crippen LogP contribution in [0.1, 0.15) is 0 Å². The van der Waals surface area contributed by atoms with Crippen molar-refractivity contribution >= 4 is 40.5 Å². The van der Waals surface area contributed by atoms with Gasteiger partial charge in [-0.1, -0.05) is 0 Å². The molecule has 0 radical (unpaired) electrons. The first-order chi connectivity index (χ1) is 16.2. The van der Waals surface area contributed by atoms with Crippen LogP contribution in [0.4, 0.5) is 0 Å². The highest BCUT2D eigenvalue weighted by molar-refractivity contribution is 7.86. The minimum Gasteiger partial charge on any atom is -0.365 e. The Morgan fingerprint density at radius 1 is 0.611 bits per heavy atom. The molecule has 2 unspecified atom stereocenters. The summed E-state index contributed by atoms with van der Waals surface area (Å²) in [6, 6.07) is 0. The van der Waals surface area contributed by atoms with Gasteiger partial charge < -0.3 is 14.2 Å². The smallest absolute Gasteiger partial charge is 0.264 e. The fourth-order valence-corrected chi connectivity index (χ4v) is 6.50. The summed E-state index contributed by atoms with van der Waals surface area (Å²) in [5, 5.41) is 0. The van der Waals surface area contributed by atoms with Crippen molar-refractivity contribution in [2.24, 2.45) is 23.7 Å². The molecular formula is C17H32O15S4. The molecule has 2 saturated heterocycles. The molecule has 0 spiro atoms. The zero-order chi connectivity index (χ0) is 27.7. The number of hydrogen-bond acceptors (Lipinski definition) is 15. The Bertz CT molecular complexity index is 1100. The maximum absolute atomic E-state index is 11.8. The van der Waals surface area contributed by atoms with E-state index in [2.05, 4.69) is 0 Å². The Labute approximate surface area is 212 Å². The van der Waals surface area contributed by atoms with E-state index in [0.717, 1.165) is 25.0 Å². The van der Waals surface area contributed by atoms with Crippen molar-refractivity contribution < 1.29 is 64.6 Å². The Morgan fingerprint density at radius 3 is 1.19 bits per heavy atom. The highest BCUT2D eigenvalue weighted by Crippen LogP contribution is 2.60. The second-order valence-corrected chi connectivity index (χ2v) is 15.3. The van der Waals surface area contributed by atoms with Crippen LogP contribution in [0, 0.1) is 23.7 Å². The van der Waals surface area contributed by atoms with E-state index in [1.165, 1.54) is 14.2 Å². The van der Waals surface area contributed by atoms with Gasteiger partial charge in [-0.3, -0.25) is 16.7 Å². The van der Waals surface area contributed by atoms with Crippen molar-refractivity contribution in [2.45, 2.75) is 18.0 Å². The number of rotatable bonds is 15. The first-order valence-electron chi connectivity index (χ1n) is 10.3. The van der Waals surface area contributed by atoms with Crippen molar-refractivity contribution in [1.82, 2.24) is 0 Å². The van der Waals surface area contributed by atoms with Crippen molar-refractivity contribution in [3.63, 3.8) is 0 Å². The molecule has 0 N–H and O–H groups in total. The van der Waals surface area contributed by atoms with Crippen molar-refractivity contribution in [1.29, 1.82) is 0 Å². The summed E-state index contributed by atoms with van der Waals surface area (Å²) in [5.41, 5.74) is -1.68. The predicted molar refractivity (Wildman–Crippen MR) is 123 cm³/mol. The summed E-state index contributed by atoms with van der Waals surface area (Å²) >= 11 is 0. The third-order valence-electron chi connectivity index (χ3n) is 6.05. The molecule has 19 heteroatoms. The van der Waals surface area contributed by atoms with Gasteiger partial charge in [0.2, 0.25) is 0 Å². The average Bonchev–Trinajstić information content (AvgIpc) is 3.17. The lowest BCUT2D eigenvalue weighted by Crippen LogP contribution is -2.60. The monoisotopic (exact) mass is 604 g/mol. The van der Waals surface area contributed by atoms with Crippen molar-refractivity contribution in [3.8, 4) is 0 Å². The van der Waals surface area contributed by atoms with Crippen LogP contribution in [0.3, 0.4) is 0 Å². The van der Waals surface area contributed by atoms with Gasteiger partial charge in [0.1, 0.15) is 5.60 Å². The second-order valence-electron chi connectivity index (χ2n) is 8.73. The van der Waals surface area contributed by atoms with Gasteiger partial charge in [-0.05, 0) is 0 Å². The van der Waals surface area contributed by atoms with Gasteiger partial charge in [0.15, 0.2) is 6.29 Å². The zero-order valence-electron chi connectivity index (χ0n) is 20.5. The van der Waals surface area contributed by atoms with E-state index in [1.54, 1.807) is 0 Å². The van der Waals surface area contributed by atoms with Crippen LogP contribution in [0.15, 0.2) is 0 Å². The van der Waals surface area contributed by atoms with Crippen LogP contribution in [0.5, 0.6) is 0 Å². The summed E-state index contributed by atoms with van der Waals surface area (Å²) in [6.07, 6.45) is 0.980. The Hall–Kier alpha value is -0.480. The number of ether oxygens (including phenoxy) is 3. The first kappa shape index (κ1) is 31.7. The number of methoxy groups -OCH3 is 2. The van der Waals surface area contributed by atoms with Crippen LogP contribution < -0.4 is 0 Å². The summed E-state index contributed by atoms with van der Waals surface area (Å²) < 4.78 is 131. The normalized spacial score (nSPS) is 31.4. The Kier molecular flexibility index (Phi) is 9.98. The molecule has 2 rings (SSSR count). The van der Waals surface area contributed by atoms with Gasteiger partial charge in [-0.25, -0.2) is 0 Å². The van der Waals surface area contributed by atoms with Crippen LogP contribution in [-0.4, -0.2) is 117 Å². The maximum atomic E-state index is 11.8. The molecular weight excluding hydrogens is 572 g/mol. The Balaban J connectivity index is 2.65. The molecule has 0 saturated carbocycles. The highest BCUT2D eigenvalue weighted by atomic mass is 32.2. The lowest BCUT2D eigenvalue weighted by Gasteiger charge is -2.46.